The maximum atomic E-state index is 12.7. The van der Waals surface area contributed by atoms with Crippen LogP contribution in [0.4, 0.5) is 0 Å². The molecular formula is C21H39NO3. The number of carbonyl (C=O) groups excluding carboxylic acids is 2. The quantitative estimate of drug-likeness (QED) is 0.255. The van der Waals surface area contributed by atoms with Gasteiger partial charge in [0.15, 0.2) is 0 Å². The lowest BCUT2D eigenvalue weighted by Gasteiger charge is -2.22. The third kappa shape index (κ3) is 11.8. The Hall–Kier alpha value is -1.32. The normalized spacial score (nSPS) is 13.3. The Kier molecular flexibility index (Phi) is 14.2. The molecule has 0 fully saturated rings. The van der Waals surface area contributed by atoms with E-state index in [1.165, 1.54) is 32.8 Å². The zero-order chi connectivity index (χ0) is 19.1. The van der Waals surface area contributed by atoms with E-state index in [0.717, 1.165) is 32.1 Å². The largest absolute Gasteiger partial charge is 0.467 e. The van der Waals surface area contributed by atoms with Crippen molar-refractivity contribution in [3.8, 4) is 0 Å². The molecule has 0 rings (SSSR count). The Morgan fingerprint density at radius 1 is 1.08 bits per heavy atom. The minimum atomic E-state index is -0.542. The van der Waals surface area contributed by atoms with E-state index < -0.39 is 6.04 Å². The van der Waals surface area contributed by atoms with Crippen molar-refractivity contribution in [2.24, 2.45) is 11.8 Å². The number of rotatable bonds is 15. The number of esters is 1. The summed E-state index contributed by atoms with van der Waals surface area (Å²) in [6.07, 6.45) is 12.1. The number of amides is 1. The van der Waals surface area contributed by atoms with Gasteiger partial charge in [-0.1, -0.05) is 59.0 Å². The van der Waals surface area contributed by atoms with Gasteiger partial charge in [-0.25, -0.2) is 4.79 Å². The van der Waals surface area contributed by atoms with Crippen LogP contribution in [0.2, 0.25) is 0 Å². The maximum Gasteiger partial charge on any atom is 0.328 e. The van der Waals surface area contributed by atoms with E-state index in [1.807, 2.05) is 19.9 Å². The van der Waals surface area contributed by atoms with E-state index in [-0.39, 0.29) is 17.8 Å². The van der Waals surface area contributed by atoms with Gasteiger partial charge in [-0.05, 0) is 38.0 Å². The van der Waals surface area contributed by atoms with Gasteiger partial charge in [-0.3, -0.25) is 4.79 Å². The van der Waals surface area contributed by atoms with Gasteiger partial charge in [-0.15, -0.1) is 6.58 Å². The Balaban J connectivity index is 4.67. The van der Waals surface area contributed by atoms with Crippen molar-refractivity contribution in [3.05, 3.63) is 12.7 Å². The van der Waals surface area contributed by atoms with Gasteiger partial charge in [0.1, 0.15) is 6.04 Å². The van der Waals surface area contributed by atoms with Gasteiger partial charge in [0.2, 0.25) is 5.91 Å². The molecule has 4 heteroatoms. The van der Waals surface area contributed by atoms with Crippen LogP contribution in [0.5, 0.6) is 0 Å². The lowest BCUT2D eigenvalue weighted by atomic mass is 9.93. The number of unbranched alkanes of at least 4 members (excludes halogenated alkanes) is 5. The molecule has 0 aromatic carbocycles. The minimum absolute atomic E-state index is 0.00407. The summed E-state index contributed by atoms with van der Waals surface area (Å²) < 4.78 is 4.85. The van der Waals surface area contributed by atoms with Gasteiger partial charge in [-0.2, -0.15) is 0 Å². The second-order valence-electron chi connectivity index (χ2n) is 7.33. The minimum Gasteiger partial charge on any atom is -0.467 e. The predicted octanol–water partition coefficient (Wildman–Crippen LogP) is 5.02. The van der Waals surface area contributed by atoms with Gasteiger partial charge in [0, 0.05) is 5.92 Å². The first-order valence-corrected chi connectivity index (χ1v) is 9.95. The van der Waals surface area contributed by atoms with E-state index >= 15 is 0 Å². The van der Waals surface area contributed by atoms with Crippen LogP contribution in [0, 0.1) is 11.8 Å². The molecule has 1 unspecified atom stereocenters. The number of nitrogens with one attached hydrogen (secondary N) is 1. The molecule has 25 heavy (non-hydrogen) atoms. The van der Waals surface area contributed by atoms with Crippen LogP contribution < -0.4 is 5.32 Å². The van der Waals surface area contributed by atoms with Crippen LogP contribution in [0.3, 0.4) is 0 Å². The zero-order valence-corrected chi connectivity index (χ0v) is 16.8. The number of allylic oxidation sites excluding steroid dienone is 1. The van der Waals surface area contributed by atoms with Crippen LogP contribution >= 0.6 is 0 Å². The first-order chi connectivity index (χ1) is 12.0. The van der Waals surface area contributed by atoms with E-state index in [4.69, 9.17) is 4.74 Å². The van der Waals surface area contributed by atoms with Gasteiger partial charge in [0.05, 0.1) is 7.11 Å². The Labute approximate surface area is 154 Å². The summed E-state index contributed by atoms with van der Waals surface area (Å²) in [6, 6.07) is -0.542. The molecule has 1 N–H and O–H groups in total. The molecule has 0 bridgehead atoms. The van der Waals surface area contributed by atoms with Gasteiger partial charge in [0.25, 0.3) is 0 Å². The van der Waals surface area contributed by atoms with E-state index in [1.54, 1.807) is 0 Å². The molecule has 0 aliphatic heterocycles. The van der Waals surface area contributed by atoms with Crippen molar-refractivity contribution >= 4 is 11.9 Å². The highest BCUT2D eigenvalue weighted by molar-refractivity contribution is 5.85. The smallest absolute Gasteiger partial charge is 0.328 e. The average molecular weight is 354 g/mol. The van der Waals surface area contributed by atoms with E-state index in [0.29, 0.717) is 12.3 Å². The van der Waals surface area contributed by atoms with Crippen LogP contribution in [-0.2, 0) is 14.3 Å². The van der Waals surface area contributed by atoms with Crippen LogP contribution in [0.1, 0.15) is 85.0 Å². The second kappa shape index (κ2) is 15.0. The summed E-state index contributed by atoms with van der Waals surface area (Å²) in [7, 11) is 1.37. The number of carbonyl (C=O) groups is 2. The first kappa shape index (κ1) is 23.7. The Bertz CT molecular complexity index is 379. The van der Waals surface area contributed by atoms with Crippen LogP contribution in [-0.4, -0.2) is 25.0 Å². The standard InChI is InChI=1S/C21H39NO3/c1-6-8-10-11-13-15-18(14-12-9-7-2)20(23)22-19(16-17(3)4)21(24)25-5/h7,17-19H,2,6,8-16H2,1,3-5H3,(H,22,23)/t18?,19-/m0/s1. The summed E-state index contributed by atoms with van der Waals surface area (Å²) >= 11 is 0. The molecule has 0 saturated carbocycles. The first-order valence-electron chi connectivity index (χ1n) is 9.95. The van der Waals surface area contributed by atoms with E-state index in [9.17, 15) is 9.59 Å². The molecule has 2 atom stereocenters. The highest BCUT2D eigenvalue weighted by Crippen LogP contribution is 2.19. The zero-order valence-electron chi connectivity index (χ0n) is 16.8. The van der Waals surface area contributed by atoms with Gasteiger partial charge < -0.3 is 10.1 Å². The molecule has 146 valence electrons. The summed E-state index contributed by atoms with van der Waals surface area (Å²) in [6.45, 7) is 10.0. The Morgan fingerprint density at radius 2 is 1.72 bits per heavy atom. The number of hydrogen-bond donors (Lipinski definition) is 1. The second-order valence-corrected chi connectivity index (χ2v) is 7.33. The lowest BCUT2D eigenvalue weighted by Crippen LogP contribution is -2.45. The maximum absolute atomic E-state index is 12.7. The molecule has 0 spiro atoms. The third-order valence-corrected chi connectivity index (χ3v) is 4.50. The number of hydrogen-bond acceptors (Lipinski definition) is 3. The van der Waals surface area contributed by atoms with Crippen LogP contribution in [0.25, 0.3) is 0 Å². The predicted molar refractivity (Wildman–Crippen MR) is 104 cm³/mol. The molecule has 0 heterocycles. The van der Waals surface area contributed by atoms with Crippen molar-refractivity contribution in [2.75, 3.05) is 7.11 Å². The summed E-state index contributed by atoms with van der Waals surface area (Å²) in [5.41, 5.74) is 0. The molecule has 4 nitrogen and oxygen atoms in total. The highest BCUT2D eigenvalue weighted by atomic mass is 16.5. The molecule has 0 aliphatic carbocycles. The van der Waals surface area contributed by atoms with Crippen molar-refractivity contribution < 1.29 is 14.3 Å². The van der Waals surface area contributed by atoms with Crippen molar-refractivity contribution in [1.82, 2.24) is 5.32 Å². The molecule has 0 aromatic heterocycles. The summed E-state index contributed by atoms with van der Waals surface area (Å²) in [5.74, 6) is -0.0657. The summed E-state index contributed by atoms with van der Waals surface area (Å²) in [4.78, 5) is 24.7. The van der Waals surface area contributed by atoms with Gasteiger partial charge >= 0.3 is 5.97 Å². The fourth-order valence-electron chi connectivity index (χ4n) is 3.03. The fraction of sp³-hybridized carbons (Fsp3) is 0.810. The molecule has 1 amide bonds. The highest BCUT2D eigenvalue weighted by Gasteiger charge is 2.26. The summed E-state index contributed by atoms with van der Waals surface area (Å²) in [5, 5.41) is 2.94. The molecular weight excluding hydrogens is 314 g/mol. The van der Waals surface area contributed by atoms with Crippen molar-refractivity contribution in [3.63, 3.8) is 0 Å². The lowest BCUT2D eigenvalue weighted by molar-refractivity contribution is -0.146. The average Bonchev–Trinajstić information content (AvgIpc) is 2.58. The van der Waals surface area contributed by atoms with Crippen molar-refractivity contribution in [2.45, 2.75) is 91.0 Å². The van der Waals surface area contributed by atoms with E-state index in [2.05, 4.69) is 18.8 Å². The fourth-order valence-corrected chi connectivity index (χ4v) is 3.03. The molecule has 0 aromatic rings. The third-order valence-electron chi connectivity index (χ3n) is 4.50. The SMILES string of the molecule is C=CCCCC(CCCCCCC)C(=O)N[C@@H](CC(C)C)C(=O)OC. The topological polar surface area (TPSA) is 55.4 Å². The van der Waals surface area contributed by atoms with Crippen LogP contribution in [0.15, 0.2) is 12.7 Å². The molecule has 0 saturated heterocycles. The van der Waals surface area contributed by atoms with Crippen molar-refractivity contribution in [1.29, 1.82) is 0 Å². The number of ether oxygens (including phenoxy) is 1. The Morgan fingerprint density at radius 3 is 2.28 bits per heavy atom. The number of methoxy groups -OCH3 is 1. The molecule has 0 aliphatic rings. The molecule has 0 radical (unpaired) electrons. The monoisotopic (exact) mass is 353 g/mol.